The third kappa shape index (κ3) is 4.64. The van der Waals surface area contributed by atoms with Crippen LogP contribution in [-0.4, -0.2) is 15.9 Å². The number of benzene rings is 1. The van der Waals surface area contributed by atoms with Gasteiger partial charge in [0.1, 0.15) is 0 Å². The summed E-state index contributed by atoms with van der Waals surface area (Å²) in [4.78, 5) is 20.9. The van der Waals surface area contributed by atoms with Crippen LogP contribution in [0.4, 0.5) is 11.4 Å². The molecule has 0 saturated carbocycles. The second-order valence-electron chi connectivity index (χ2n) is 5.55. The zero-order valence-electron chi connectivity index (χ0n) is 13.7. The summed E-state index contributed by atoms with van der Waals surface area (Å²) in [5, 5.41) is 6.14. The van der Waals surface area contributed by atoms with Crippen LogP contribution in [0.5, 0.6) is 0 Å². The van der Waals surface area contributed by atoms with Gasteiger partial charge in [0.05, 0.1) is 23.5 Å². The van der Waals surface area contributed by atoms with Gasteiger partial charge in [-0.1, -0.05) is 22.0 Å². The molecule has 2 aromatic heterocycles. The highest BCUT2D eigenvalue weighted by atomic mass is 79.9. The number of hydrogen-bond donors (Lipinski definition) is 2. The fourth-order valence-electron chi connectivity index (χ4n) is 2.32. The monoisotopic (exact) mass is 396 g/mol. The van der Waals surface area contributed by atoms with Gasteiger partial charge >= 0.3 is 0 Å². The number of aryl methyl sites for hydroxylation is 1. The lowest BCUT2D eigenvalue weighted by atomic mass is 10.2. The minimum Gasteiger partial charge on any atom is -0.378 e. The molecule has 25 heavy (non-hydrogen) atoms. The van der Waals surface area contributed by atoms with Crippen LogP contribution in [0.25, 0.3) is 0 Å². The van der Waals surface area contributed by atoms with E-state index in [-0.39, 0.29) is 5.91 Å². The fraction of sp³-hybridized carbons (Fsp3) is 0.105. The van der Waals surface area contributed by atoms with Crippen molar-refractivity contribution >= 4 is 33.2 Å². The van der Waals surface area contributed by atoms with Crippen LogP contribution in [-0.2, 0) is 6.54 Å². The van der Waals surface area contributed by atoms with E-state index in [1.165, 1.54) is 0 Å². The smallest absolute Gasteiger partial charge is 0.257 e. The number of rotatable bonds is 5. The van der Waals surface area contributed by atoms with Crippen molar-refractivity contribution in [1.29, 1.82) is 0 Å². The Morgan fingerprint density at radius 2 is 2.04 bits per heavy atom. The molecule has 0 saturated heterocycles. The standard InChI is InChI=1S/C19H17BrN4O/c1-13-8-15(20)5-6-18(13)24-19(25)14-9-17(11-21-10-14)23-12-16-4-2-3-7-22-16/h2-11,23H,12H2,1H3,(H,24,25). The molecule has 0 aliphatic carbocycles. The Hall–Kier alpha value is -2.73. The molecule has 3 aromatic rings. The van der Waals surface area contributed by atoms with Crippen molar-refractivity contribution in [1.82, 2.24) is 9.97 Å². The molecule has 2 N–H and O–H groups in total. The molecule has 6 heteroatoms. The molecule has 1 amide bonds. The number of carbonyl (C=O) groups is 1. The van der Waals surface area contributed by atoms with Crippen LogP contribution < -0.4 is 10.6 Å². The number of nitrogens with one attached hydrogen (secondary N) is 2. The maximum absolute atomic E-state index is 12.5. The number of halogens is 1. The van der Waals surface area contributed by atoms with Crippen LogP contribution >= 0.6 is 15.9 Å². The van der Waals surface area contributed by atoms with E-state index in [1.54, 1.807) is 24.7 Å². The van der Waals surface area contributed by atoms with Crippen LogP contribution in [0.2, 0.25) is 0 Å². The van der Waals surface area contributed by atoms with Crippen LogP contribution in [0.3, 0.4) is 0 Å². The molecule has 1 aromatic carbocycles. The van der Waals surface area contributed by atoms with Crippen LogP contribution in [0.1, 0.15) is 21.6 Å². The quantitative estimate of drug-likeness (QED) is 0.669. The average Bonchev–Trinajstić information content (AvgIpc) is 2.63. The third-order valence-corrected chi connectivity index (χ3v) is 4.13. The zero-order chi connectivity index (χ0) is 17.6. The lowest BCUT2D eigenvalue weighted by Gasteiger charge is -2.10. The molecule has 0 aliphatic rings. The van der Waals surface area contributed by atoms with E-state index in [0.29, 0.717) is 12.1 Å². The molecule has 0 atom stereocenters. The van der Waals surface area contributed by atoms with Gasteiger partial charge in [0.25, 0.3) is 5.91 Å². The maximum Gasteiger partial charge on any atom is 0.257 e. The van der Waals surface area contributed by atoms with Gasteiger partial charge in [0.15, 0.2) is 0 Å². The molecular weight excluding hydrogens is 380 g/mol. The molecule has 2 heterocycles. The second kappa shape index (κ2) is 7.90. The second-order valence-corrected chi connectivity index (χ2v) is 6.47. The fourth-order valence-corrected chi connectivity index (χ4v) is 2.79. The molecule has 0 fully saturated rings. The molecular formula is C19H17BrN4O. The molecule has 5 nitrogen and oxygen atoms in total. The van der Waals surface area contributed by atoms with E-state index >= 15 is 0 Å². The summed E-state index contributed by atoms with van der Waals surface area (Å²) in [6.07, 6.45) is 4.99. The highest BCUT2D eigenvalue weighted by Crippen LogP contribution is 2.21. The number of aromatic nitrogens is 2. The van der Waals surface area contributed by atoms with Gasteiger partial charge in [-0.25, -0.2) is 0 Å². The minimum absolute atomic E-state index is 0.195. The predicted molar refractivity (Wildman–Crippen MR) is 103 cm³/mol. The Morgan fingerprint density at radius 1 is 1.16 bits per heavy atom. The first-order valence-electron chi connectivity index (χ1n) is 7.78. The van der Waals surface area contributed by atoms with Crippen molar-refractivity contribution in [2.45, 2.75) is 13.5 Å². The van der Waals surface area contributed by atoms with E-state index in [2.05, 4.69) is 36.5 Å². The van der Waals surface area contributed by atoms with Gasteiger partial charge < -0.3 is 10.6 Å². The minimum atomic E-state index is -0.195. The van der Waals surface area contributed by atoms with Crippen molar-refractivity contribution in [2.75, 3.05) is 10.6 Å². The van der Waals surface area contributed by atoms with E-state index in [4.69, 9.17) is 0 Å². The van der Waals surface area contributed by atoms with Crippen molar-refractivity contribution in [2.24, 2.45) is 0 Å². The Morgan fingerprint density at radius 3 is 2.80 bits per heavy atom. The Kier molecular flexibility index (Phi) is 5.40. The average molecular weight is 397 g/mol. The molecule has 0 radical (unpaired) electrons. The largest absolute Gasteiger partial charge is 0.378 e. The van der Waals surface area contributed by atoms with Gasteiger partial charge in [-0.05, 0) is 48.9 Å². The first kappa shape index (κ1) is 17.1. The summed E-state index contributed by atoms with van der Waals surface area (Å²) in [7, 11) is 0. The number of hydrogen-bond acceptors (Lipinski definition) is 4. The van der Waals surface area contributed by atoms with E-state index in [1.807, 2.05) is 43.3 Å². The first-order valence-corrected chi connectivity index (χ1v) is 8.57. The van der Waals surface area contributed by atoms with E-state index < -0.39 is 0 Å². The molecule has 0 unspecified atom stereocenters. The molecule has 0 spiro atoms. The number of nitrogens with zero attached hydrogens (tertiary/aromatic N) is 2. The highest BCUT2D eigenvalue weighted by molar-refractivity contribution is 9.10. The lowest BCUT2D eigenvalue weighted by Crippen LogP contribution is -2.13. The molecule has 0 aliphatic heterocycles. The van der Waals surface area contributed by atoms with E-state index in [9.17, 15) is 4.79 Å². The number of carbonyl (C=O) groups excluding carboxylic acids is 1. The Balaban J connectivity index is 1.69. The predicted octanol–water partition coefficient (Wildman–Crippen LogP) is 4.41. The number of pyridine rings is 2. The number of amides is 1. The summed E-state index contributed by atoms with van der Waals surface area (Å²) in [5.74, 6) is -0.195. The first-order chi connectivity index (χ1) is 12.1. The lowest BCUT2D eigenvalue weighted by molar-refractivity contribution is 0.102. The van der Waals surface area contributed by atoms with Crippen molar-refractivity contribution < 1.29 is 4.79 Å². The summed E-state index contributed by atoms with van der Waals surface area (Å²) >= 11 is 3.42. The summed E-state index contributed by atoms with van der Waals surface area (Å²) in [6, 6.07) is 13.2. The Bertz CT molecular complexity index is 884. The normalized spacial score (nSPS) is 10.3. The SMILES string of the molecule is Cc1cc(Br)ccc1NC(=O)c1cncc(NCc2ccccn2)c1. The topological polar surface area (TPSA) is 66.9 Å². The Labute approximate surface area is 154 Å². The maximum atomic E-state index is 12.5. The third-order valence-electron chi connectivity index (χ3n) is 3.64. The van der Waals surface area contributed by atoms with Crippen molar-refractivity contribution in [3.63, 3.8) is 0 Å². The van der Waals surface area contributed by atoms with Crippen LogP contribution in [0, 0.1) is 6.92 Å². The summed E-state index contributed by atoms with van der Waals surface area (Å²) in [6.45, 7) is 2.52. The van der Waals surface area contributed by atoms with Gasteiger partial charge in [0, 0.05) is 28.8 Å². The zero-order valence-corrected chi connectivity index (χ0v) is 15.2. The van der Waals surface area contributed by atoms with Crippen LogP contribution in [0.15, 0.2) is 65.5 Å². The molecule has 3 rings (SSSR count). The summed E-state index contributed by atoms with van der Waals surface area (Å²) in [5.41, 5.74) is 3.95. The van der Waals surface area contributed by atoms with Gasteiger partial charge in [-0.2, -0.15) is 0 Å². The molecule has 126 valence electrons. The summed E-state index contributed by atoms with van der Waals surface area (Å²) < 4.78 is 0.977. The van der Waals surface area contributed by atoms with Gasteiger partial charge in [-0.3, -0.25) is 14.8 Å². The van der Waals surface area contributed by atoms with E-state index in [0.717, 1.165) is 27.1 Å². The van der Waals surface area contributed by atoms with Gasteiger partial charge in [0.2, 0.25) is 0 Å². The highest BCUT2D eigenvalue weighted by Gasteiger charge is 2.09. The molecule has 0 bridgehead atoms. The van der Waals surface area contributed by atoms with Crippen molar-refractivity contribution in [3.05, 3.63) is 82.3 Å². The van der Waals surface area contributed by atoms with Gasteiger partial charge in [-0.15, -0.1) is 0 Å². The number of anilines is 2. The van der Waals surface area contributed by atoms with Crippen molar-refractivity contribution in [3.8, 4) is 0 Å².